The zero-order valence-electron chi connectivity index (χ0n) is 14.2. The Labute approximate surface area is 130 Å². The summed E-state index contributed by atoms with van der Waals surface area (Å²) in [4.78, 5) is 0. The van der Waals surface area contributed by atoms with Gasteiger partial charge in [-0.3, -0.25) is 11.3 Å². The predicted molar refractivity (Wildman–Crippen MR) is 88.1 cm³/mol. The molecule has 1 heterocycles. The number of nitrogens with two attached hydrogens (primary N) is 1. The van der Waals surface area contributed by atoms with Crippen molar-refractivity contribution < 1.29 is 8.42 Å². The third kappa shape index (κ3) is 6.22. The molecule has 1 aliphatic heterocycles. The fourth-order valence-electron chi connectivity index (χ4n) is 2.94. The van der Waals surface area contributed by atoms with Crippen molar-refractivity contribution in [3.8, 4) is 0 Å². The van der Waals surface area contributed by atoms with Gasteiger partial charge in [-0.2, -0.15) is 0 Å². The Bertz CT molecular complexity index is 417. The molecule has 0 aromatic heterocycles. The predicted octanol–water partition coefficient (Wildman–Crippen LogP) is 1.95. The molecule has 0 aliphatic carbocycles. The highest BCUT2D eigenvalue weighted by Crippen LogP contribution is 2.31. The van der Waals surface area contributed by atoms with E-state index in [-0.39, 0.29) is 11.5 Å². The highest BCUT2D eigenvalue weighted by Gasteiger charge is 2.29. The third-order valence-corrected chi connectivity index (χ3v) is 6.19. The van der Waals surface area contributed by atoms with Gasteiger partial charge in [-0.25, -0.2) is 12.7 Å². The Morgan fingerprint density at radius 1 is 1.38 bits per heavy atom. The number of hydrazine groups is 1. The molecule has 21 heavy (non-hydrogen) atoms. The Balaban J connectivity index is 2.57. The lowest BCUT2D eigenvalue weighted by Gasteiger charge is -2.35. The first kappa shape index (κ1) is 18.9. The third-order valence-electron chi connectivity index (χ3n) is 4.92. The average Bonchev–Trinajstić information content (AvgIpc) is 2.36. The zero-order valence-corrected chi connectivity index (χ0v) is 15.0. The average molecular weight is 320 g/mol. The zero-order chi connectivity index (χ0) is 16.3. The van der Waals surface area contributed by atoms with Gasteiger partial charge in [0, 0.05) is 19.1 Å². The molecule has 3 unspecified atom stereocenters. The molecular formula is C15H33N3O2S. The van der Waals surface area contributed by atoms with Crippen molar-refractivity contribution in [1.82, 2.24) is 9.73 Å². The minimum Gasteiger partial charge on any atom is -0.271 e. The molecule has 5 nitrogen and oxygen atoms in total. The van der Waals surface area contributed by atoms with E-state index in [1.54, 1.807) is 4.31 Å². The Kier molecular flexibility index (Phi) is 6.65. The van der Waals surface area contributed by atoms with Gasteiger partial charge in [0.1, 0.15) is 0 Å². The molecule has 0 aromatic carbocycles. The van der Waals surface area contributed by atoms with Crippen LogP contribution in [0.3, 0.4) is 0 Å². The van der Waals surface area contributed by atoms with Gasteiger partial charge in [0.15, 0.2) is 0 Å². The van der Waals surface area contributed by atoms with E-state index in [4.69, 9.17) is 5.84 Å². The first-order valence-corrected chi connectivity index (χ1v) is 9.80. The lowest BCUT2D eigenvalue weighted by molar-refractivity contribution is 0.190. The van der Waals surface area contributed by atoms with Crippen molar-refractivity contribution >= 4 is 10.0 Å². The number of piperidine rings is 1. The Morgan fingerprint density at radius 3 is 2.48 bits per heavy atom. The number of nitrogens with one attached hydrogen (secondary N) is 1. The number of rotatable bonds is 6. The molecule has 1 aliphatic rings. The molecule has 3 N–H and O–H groups in total. The van der Waals surface area contributed by atoms with Gasteiger partial charge in [-0.1, -0.05) is 27.7 Å². The maximum atomic E-state index is 11.7. The summed E-state index contributed by atoms with van der Waals surface area (Å²) in [7, 11) is -3.07. The highest BCUT2D eigenvalue weighted by molar-refractivity contribution is 7.88. The van der Waals surface area contributed by atoms with E-state index < -0.39 is 10.0 Å². The monoisotopic (exact) mass is 319 g/mol. The van der Waals surface area contributed by atoms with E-state index in [1.165, 1.54) is 6.26 Å². The van der Waals surface area contributed by atoms with Crippen molar-refractivity contribution in [2.75, 3.05) is 19.3 Å². The topological polar surface area (TPSA) is 75.4 Å². The fourth-order valence-corrected chi connectivity index (χ4v) is 3.88. The molecule has 0 bridgehead atoms. The number of nitrogens with zero attached hydrogens (tertiary/aromatic N) is 1. The fraction of sp³-hybridized carbons (Fsp3) is 1.00. The van der Waals surface area contributed by atoms with Gasteiger partial charge in [-0.05, 0) is 42.9 Å². The first-order valence-electron chi connectivity index (χ1n) is 7.95. The van der Waals surface area contributed by atoms with Crippen molar-refractivity contribution in [2.45, 2.75) is 59.4 Å². The molecule has 0 saturated carbocycles. The highest BCUT2D eigenvalue weighted by atomic mass is 32.2. The summed E-state index contributed by atoms with van der Waals surface area (Å²) < 4.78 is 25.0. The Hall–Kier alpha value is -0.170. The summed E-state index contributed by atoms with van der Waals surface area (Å²) in [5.74, 6) is 6.69. The van der Waals surface area contributed by atoms with Crippen LogP contribution in [0, 0.1) is 17.3 Å². The minimum atomic E-state index is -3.07. The van der Waals surface area contributed by atoms with Crippen molar-refractivity contribution in [2.24, 2.45) is 23.1 Å². The van der Waals surface area contributed by atoms with Gasteiger partial charge < -0.3 is 0 Å². The van der Waals surface area contributed by atoms with Gasteiger partial charge in [0.2, 0.25) is 10.0 Å². The van der Waals surface area contributed by atoms with Crippen LogP contribution in [0.4, 0.5) is 0 Å². The van der Waals surface area contributed by atoms with Crippen LogP contribution >= 0.6 is 0 Å². The number of hydrogen-bond acceptors (Lipinski definition) is 4. The van der Waals surface area contributed by atoms with Crippen LogP contribution in [0.15, 0.2) is 0 Å². The molecule has 6 heteroatoms. The molecule has 0 spiro atoms. The van der Waals surface area contributed by atoms with E-state index >= 15 is 0 Å². The quantitative estimate of drug-likeness (QED) is 0.579. The van der Waals surface area contributed by atoms with Crippen LogP contribution in [0.1, 0.15) is 53.4 Å². The lowest BCUT2D eigenvalue weighted by Crippen LogP contribution is -2.44. The van der Waals surface area contributed by atoms with E-state index in [0.717, 1.165) is 25.7 Å². The lowest BCUT2D eigenvalue weighted by atomic mass is 9.77. The maximum Gasteiger partial charge on any atom is 0.211 e. The summed E-state index contributed by atoms with van der Waals surface area (Å²) in [5.41, 5.74) is 3.20. The largest absolute Gasteiger partial charge is 0.271 e. The van der Waals surface area contributed by atoms with Gasteiger partial charge in [0.25, 0.3) is 0 Å². The van der Waals surface area contributed by atoms with Crippen LogP contribution in [0.5, 0.6) is 0 Å². The molecule has 126 valence electrons. The van der Waals surface area contributed by atoms with Crippen molar-refractivity contribution in [3.63, 3.8) is 0 Å². The second kappa shape index (κ2) is 7.40. The van der Waals surface area contributed by atoms with Gasteiger partial charge >= 0.3 is 0 Å². The van der Waals surface area contributed by atoms with Gasteiger partial charge in [-0.15, -0.1) is 0 Å². The molecular weight excluding hydrogens is 286 g/mol. The summed E-state index contributed by atoms with van der Waals surface area (Å²) >= 11 is 0. The molecule has 0 aromatic rings. The molecule has 0 radical (unpaired) electrons. The first-order chi connectivity index (χ1) is 9.54. The van der Waals surface area contributed by atoms with Crippen LogP contribution in [0.2, 0.25) is 0 Å². The molecule has 1 fully saturated rings. The van der Waals surface area contributed by atoms with Crippen molar-refractivity contribution in [1.29, 1.82) is 0 Å². The van der Waals surface area contributed by atoms with Crippen molar-refractivity contribution in [3.05, 3.63) is 0 Å². The number of sulfonamides is 1. The molecule has 0 amide bonds. The molecule has 1 rings (SSSR count). The summed E-state index contributed by atoms with van der Waals surface area (Å²) in [5, 5.41) is 0. The maximum absolute atomic E-state index is 11.7. The summed E-state index contributed by atoms with van der Waals surface area (Å²) in [6.45, 7) is 10.3. The van der Waals surface area contributed by atoms with E-state index in [9.17, 15) is 8.42 Å². The van der Waals surface area contributed by atoms with E-state index in [2.05, 4.69) is 33.1 Å². The number of hydrogen-bond donors (Lipinski definition) is 2. The summed E-state index contributed by atoms with van der Waals surface area (Å²) in [6, 6.07) is 0.253. The standard InChI is InChI=1S/C15H33N3O2S/c1-12(15(2,3)4)9-14(17-16)10-13-7-6-8-18(11-13)21(5,19)20/h12-14,17H,6-11,16H2,1-5H3. The smallest absolute Gasteiger partial charge is 0.211 e. The Morgan fingerprint density at radius 2 is 2.00 bits per heavy atom. The minimum absolute atomic E-state index is 0.253. The van der Waals surface area contributed by atoms with Crippen LogP contribution in [0.25, 0.3) is 0 Å². The van der Waals surface area contributed by atoms with E-state index in [0.29, 0.717) is 24.9 Å². The normalized spacial score (nSPS) is 24.8. The van der Waals surface area contributed by atoms with Crippen LogP contribution in [-0.2, 0) is 10.0 Å². The molecule has 1 saturated heterocycles. The second-order valence-corrected chi connectivity index (χ2v) is 9.71. The summed E-state index contributed by atoms with van der Waals surface area (Å²) in [6.07, 6.45) is 5.31. The van der Waals surface area contributed by atoms with Crippen LogP contribution < -0.4 is 11.3 Å². The van der Waals surface area contributed by atoms with Gasteiger partial charge in [0.05, 0.1) is 6.26 Å². The second-order valence-electron chi connectivity index (χ2n) is 7.73. The SMILES string of the molecule is CC(CC(CC1CCCN(S(C)(=O)=O)C1)NN)C(C)(C)C. The van der Waals surface area contributed by atoms with E-state index in [1.807, 2.05) is 0 Å². The van der Waals surface area contributed by atoms with Crippen LogP contribution in [-0.4, -0.2) is 38.1 Å². The molecule has 3 atom stereocenters.